The molecule has 1 saturated heterocycles. The van der Waals surface area contributed by atoms with E-state index in [2.05, 4.69) is 58.5 Å². The molecule has 0 bridgehead atoms. The Morgan fingerprint density at radius 2 is 1.44 bits per heavy atom. The number of hydrogen-bond acceptors (Lipinski definition) is 4. The summed E-state index contributed by atoms with van der Waals surface area (Å²) in [6, 6.07) is 17.0. The van der Waals surface area contributed by atoms with Crippen LogP contribution in [0.3, 0.4) is 0 Å². The number of methoxy groups -OCH3 is 1. The summed E-state index contributed by atoms with van der Waals surface area (Å²) in [4.78, 5) is 9.77. The van der Waals surface area contributed by atoms with Gasteiger partial charge in [0.2, 0.25) is 0 Å². The van der Waals surface area contributed by atoms with Crippen LogP contribution in [0.25, 0.3) is 0 Å². The monoisotopic (exact) mass is 551 g/mol. The van der Waals surface area contributed by atoms with Crippen molar-refractivity contribution in [3.05, 3.63) is 65.2 Å². The van der Waals surface area contributed by atoms with E-state index in [0.29, 0.717) is 6.54 Å². The maximum absolute atomic E-state index is 5.22. The number of nitrogens with one attached hydrogen (secondary N) is 2. The highest BCUT2D eigenvalue weighted by atomic mass is 127. The van der Waals surface area contributed by atoms with Crippen LogP contribution in [0.5, 0.6) is 5.75 Å². The maximum atomic E-state index is 5.22. The smallest absolute Gasteiger partial charge is 0.191 e. The third kappa shape index (κ3) is 8.60. The Labute approximate surface area is 210 Å². The van der Waals surface area contributed by atoms with Crippen LogP contribution in [0.4, 0.5) is 0 Å². The molecule has 0 spiro atoms. The van der Waals surface area contributed by atoms with Gasteiger partial charge in [0.15, 0.2) is 5.96 Å². The number of halogens is 1. The van der Waals surface area contributed by atoms with E-state index >= 15 is 0 Å². The lowest BCUT2D eigenvalue weighted by molar-refractivity contribution is 0.132. The summed E-state index contributed by atoms with van der Waals surface area (Å²) in [5.74, 6) is 1.70. The van der Waals surface area contributed by atoms with Crippen LogP contribution in [0.2, 0.25) is 0 Å². The molecule has 1 heterocycles. The maximum Gasteiger partial charge on any atom is 0.191 e. The van der Waals surface area contributed by atoms with Crippen LogP contribution in [-0.2, 0) is 19.6 Å². The molecule has 0 aromatic heterocycles. The van der Waals surface area contributed by atoms with Crippen LogP contribution in [0.15, 0.2) is 53.5 Å². The van der Waals surface area contributed by atoms with E-state index in [0.717, 1.165) is 56.5 Å². The molecule has 0 aliphatic carbocycles. The second-order valence-electron chi connectivity index (χ2n) is 7.92. The van der Waals surface area contributed by atoms with Crippen LogP contribution >= 0.6 is 24.0 Å². The van der Waals surface area contributed by atoms with Crippen LogP contribution in [-0.4, -0.2) is 62.1 Å². The number of nitrogens with zero attached hydrogens (tertiary/aromatic N) is 3. The zero-order valence-electron chi connectivity index (χ0n) is 19.6. The predicted octanol–water partition coefficient (Wildman–Crippen LogP) is 3.71. The topological polar surface area (TPSA) is 52.1 Å². The Morgan fingerprint density at radius 1 is 0.844 bits per heavy atom. The third-order valence-electron chi connectivity index (χ3n) is 5.72. The van der Waals surface area contributed by atoms with Gasteiger partial charge in [-0.1, -0.05) is 43.3 Å². The molecule has 2 aromatic carbocycles. The molecule has 0 unspecified atom stereocenters. The van der Waals surface area contributed by atoms with Gasteiger partial charge in [-0.05, 0) is 42.3 Å². The van der Waals surface area contributed by atoms with Gasteiger partial charge in [0.1, 0.15) is 5.75 Å². The van der Waals surface area contributed by atoms with Crippen molar-refractivity contribution in [3.8, 4) is 5.75 Å². The summed E-state index contributed by atoms with van der Waals surface area (Å²) >= 11 is 0. The summed E-state index contributed by atoms with van der Waals surface area (Å²) in [5.41, 5.74) is 3.80. The lowest BCUT2D eigenvalue weighted by atomic mass is 10.1. The zero-order chi connectivity index (χ0) is 21.9. The Hall–Kier alpha value is -1.84. The summed E-state index contributed by atoms with van der Waals surface area (Å²) in [7, 11) is 1.68. The lowest BCUT2D eigenvalue weighted by Crippen LogP contribution is -2.45. The van der Waals surface area contributed by atoms with Crippen molar-refractivity contribution in [1.29, 1.82) is 0 Å². The Morgan fingerprint density at radius 3 is 2.03 bits per heavy atom. The van der Waals surface area contributed by atoms with Gasteiger partial charge < -0.3 is 20.3 Å². The van der Waals surface area contributed by atoms with Gasteiger partial charge in [-0.25, -0.2) is 4.99 Å². The summed E-state index contributed by atoms with van der Waals surface area (Å²) in [5, 5.41) is 6.76. The van der Waals surface area contributed by atoms with Crippen molar-refractivity contribution in [2.75, 3.05) is 46.4 Å². The fourth-order valence-electron chi connectivity index (χ4n) is 3.71. The minimum atomic E-state index is 0. The van der Waals surface area contributed by atoms with E-state index in [1.165, 1.54) is 24.2 Å². The van der Waals surface area contributed by atoms with Gasteiger partial charge in [-0.15, -0.1) is 24.0 Å². The average molecular weight is 552 g/mol. The molecule has 2 N–H and O–H groups in total. The highest BCUT2D eigenvalue weighted by molar-refractivity contribution is 14.0. The SMILES string of the molecule is CCNC(=NCc1ccc(OC)cc1)NCc1ccc(CN2CCN(CC)CC2)cc1.I. The van der Waals surface area contributed by atoms with Crippen molar-refractivity contribution < 1.29 is 4.74 Å². The molecule has 0 atom stereocenters. The lowest BCUT2D eigenvalue weighted by Gasteiger charge is -2.34. The first-order chi connectivity index (χ1) is 15.2. The fraction of sp³-hybridized carbons (Fsp3) is 0.480. The van der Waals surface area contributed by atoms with E-state index in [1.807, 2.05) is 24.3 Å². The number of ether oxygens (including phenoxy) is 1. The second kappa shape index (κ2) is 14.3. The molecule has 1 aliphatic rings. The summed E-state index contributed by atoms with van der Waals surface area (Å²) < 4.78 is 5.22. The highest BCUT2D eigenvalue weighted by Gasteiger charge is 2.15. The fourth-order valence-corrected chi connectivity index (χ4v) is 3.71. The van der Waals surface area contributed by atoms with Crippen LogP contribution in [0, 0.1) is 0 Å². The van der Waals surface area contributed by atoms with Crippen LogP contribution < -0.4 is 15.4 Å². The number of guanidine groups is 1. The molecule has 0 saturated carbocycles. The highest BCUT2D eigenvalue weighted by Crippen LogP contribution is 2.12. The molecule has 6 nitrogen and oxygen atoms in total. The molecule has 0 amide bonds. The number of likely N-dealkylation sites (N-methyl/N-ethyl adjacent to an activating group) is 1. The molecule has 1 fully saturated rings. The third-order valence-corrected chi connectivity index (χ3v) is 5.72. The van der Waals surface area contributed by atoms with E-state index in [4.69, 9.17) is 9.73 Å². The summed E-state index contributed by atoms with van der Waals surface area (Å²) in [6.07, 6.45) is 0. The molecule has 0 radical (unpaired) electrons. The van der Waals surface area contributed by atoms with Crippen molar-refractivity contribution >= 4 is 29.9 Å². The first-order valence-corrected chi connectivity index (χ1v) is 11.4. The number of aliphatic imine (C=N–C) groups is 1. The molecule has 7 heteroatoms. The normalized spacial score (nSPS) is 15.2. The number of hydrogen-bond donors (Lipinski definition) is 2. The Balaban J connectivity index is 0.00000363. The molecular formula is C25H38IN5O. The number of benzene rings is 2. The Bertz CT molecular complexity index is 802. The molecule has 2 aromatic rings. The van der Waals surface area contributed by atoms with Crippen molar-refractivity contribution in [2.45, 2.75) is 33.5 Å². The second-order valence-corrected chi connectivity index (χ2v) is 7.92. The number of piperazine rings is 1. The van der Waals surface area contributed by atoms with E-state index in [1.54, 1.807) is 7.11 Å². The Kier molecular flexibility index (Phi) is 11.8. The minimum Gasteiger partial charge on any atom is -0.497 e. The quantitative estimate of drug-likeness (QED) is 0.283. The van der Waals surface area contributed by atoms with Crippen molar-refractivity contribution in [3.63, 3.8) is 0 Å². The minimum absolute atomic E-state index is 0. The molecule has 1 aliphatic heterocycles. The first-order valence-electron chi connectivity index (χ1n) is 11.4. The molecule has 176 valence electrons. The largest absolute Gasteiger partial charge is 0.497 e. The van der Waals surface area contributed by atoms with Crippen LogP contribution in [0.1, 0.15) is 30.5 Å². The van der Waals surface area contributed by atoms with E-state index in [-0.39, 0.29) is 24.0 Å². The van der Waals surface area contributed by atoms with Gasteiger partial charge >= 0.3 is 0 Å². The zero-order valence-corrected chi connectivity index (χ0v) is 22.0. The van der Waals surface area contributed by atoms with E-state index < -0.39 is 0 Å². The van der Waals surface area contributed by atoms with Gasteiger partial charge in [-0.3, -0.25) is 4.90 Å². The standard InChI is InChI=1S/C25H37N5O.HI/c1-4-26-25(28-19-22-10-12-24(31-3)13-11-22)27-18-21-6-8-23(9-7-21)20-30-16-14-29(5-2)15-17-30;/h6-13H,4-5,14-20H2,1-3H3,(H2,26,27,28);1H. The van der Waals surface area contributed by atoms with Gasteiger partial charge in [0, 0.05) is 45.8 Å². The number of rotatable bonds is 9. The molecule has 3 rings (SSSR count). The first kappa shape index (κ1) is 26.4. The predicted molar refractivity (Wildman–Crippen MR) is 144 cm³/mol. The van der Waals surface area contributed by atoms with Gasteiger partial charge in [-0.2, -0.15) is 0 Å². The van der Waals surface area contributed by atoms with Gasteiger partial charge in [0.05, 0.1) is 13.7 Å². The molecule has 32 heavy (non-hydrogen) atoms. The van der Waals surface area contributed by atoms with Crippen molar-refractivity contribution in [1.82, 2.24) is 20.4 Å². The average Bonchev–Trinajstić information content (AvgIpc) is 2.82. The molecular weight excluding hydrogens is 513 g/mol. The summed E-state index contributed by atoms with van der Waals surface area (Å²) in [6.45, 7) is 13.4. The van der Waals surface area contributed by atoms with Crippen molar-refractivity contribution in [2.24, 2.45) is 4.99 Å². The van der Waals surface area contributed by atoms with Gasteiger partial charge in [0.25, 0.3) is 0 Å². The van der Waals surface area contributed by atoms with E-state index in [9.17, 15) is 0 Å².